The zero-order valence-electron chi connectivity index (χ0n) is 13.5. The Morgan fingerprint density at radius 1 is 1.33 bits per heavy atom. The molecule has 1 aliphatic heterocycles. The third-order valence-corrected chi connectivity index (χ3v) is 3.72. The van der Waals surface area contributed by atoms with Crippen molar-refractivity contribution in [3.8, 4) is 0 Å². The molecule has 0 spiro atoms. The Balaban J connectivity index is 1.89. The Bertz CT molecular complexity index is 460. The lowest BCUT2D eigenvalue weighted by Crippen LogP contribution is -2.37. The number of likely N-dealkylation sites (tertiary alicyclic amines) is 1. The molecule has 0 saturated carbocycles. The van der Waals surface area contributed by atoms with Gasteiger partial charge in [0.2, 0.25) is 0 Å². The molecule has 2 rings (SSSR count). The lowest BCUT2D eigenvalue weighted by atomic mass is 10.0. The molecule has 1 aliphatic rings. The van der Waals surface area contributed by atoms with Gasteiger partial charge in [-0.25, -0.2) is 4.68 Å². The number of carbonyl (C=O) groups is 1. The van der Waals surface area contributed by atoms with E-state index in [1.54, 1.807) is 6.20 Å². The molecule has 2 heterocycles. The summed E-state index contributed by atoms with van der Waals surface area (Å²) < 4.78 is 1.86. The van der Waals surface area contributed by atoms with E-state index < -0.39 is 0 Å². The van der Waals surface area contributed by atoms with Gasteiger partial charge in [0.25, 0.3) is 5.91 Å². The molecule has 0 aromatic carbocycles. The van der Waals surface area contributed by atoms with Crippen molar-refractivity contribution in [1.82, 2.24) is 25.2 Å². The number of rotatable bonds is 5. The molecule has 21 heavy (non-hydrogen) atoms. The van der Waals surface area contributed by atoms with Crippen LogP contribution in [0.4, 0.5) is 0 Å². The highest BCUT2D eigenvalue weighted by molar-refractivity contribution is 5.91. The fraction of sp³-hybridized carbons (Fsp3) is 0.800. The van der Waals surface area contributed by atoms with Crippen molar-refractivity contribution in [2.45, 2.75) is 52.6 Å². The van der Waals surface area contributed by atoms with Crippen LogP contribution in [0.3, 0.4) is 0 Å². The van der Waals surface area contributed by atoms with Gasteiger partial charge >= 0.3 is 0 Å². The second-order valence-electron chi connectivity index (χ2n) is 6.64. The normalized spacial score (nSPS) is 17.6. The van der Waals surface area contributed by atoms with Crippen molar-refractivity contribution in [1.29, 1.82) is 0 Å². The van der Waals surface area contributed by atoms with E-state index >= 15 is 0 Å². The smallest absolute Gasteiger partial charge is 0.273 e. The van der Waals surface area contributed by atoms with Crippen LogP contribution in [0.15, 0.2) is 6.20 Å². The fourth-order valence-corrected chi connectivity index (χ4v) is 2.78. The van der Waals surface area contributed by atoms with E-state index in [-0.39, 0.29) is 11.9 Å². The number of nitrogens with one attached hydrogen (secondary N) is 1. The summed E-state index contributed by atoms with van der Waals surface area (Å²) in [6, 6.07) is 0.475. The molecule has 118 valence electrons. The standard InChI is InChI=1S/C15H27N5O/c1-11(2)9-19-7-5-13(6-8-19)20-10-14(17-18-20)15(21)16-12(3)4/h10-13H,5-9H2,1-4H3,(H,16,21). The molecule has 0 aliphatic carbocycles. The van der Waals surface area contributed by atoms with Crippen molar-refractivity contribution < 1.29 is 4.79 Å². The first-order chi connectivity index (χ1) is 9.95. The molecule has 1 N–H and O–H groups in total. The molecule has 1 aromatic heterocycles. The van der Waals surface area contributed by atoms with E-state index in [9.17, 15) is 4.79 Å². The van der Waals surface area contributed by atoms with Crippen LogP contribution >= 0.6 is 0 Å². The molecular weight excluding hydrogens is 266 g/mol. The third-order valence-electron chi connectivity index (χ3n) is 3.72. The summed E-state index contributed by atoms with van der Waals surface area (Å²) in [4.78, 5) is 14.4. The second kappa shape index (κ2) is 7.02. The number of aromatic nitrogens is 3. The van der Waals surface area contributed by atoms with E-state index in [1.807, 2.05) is 18.5 Å². The lowest BCUT2D eigenvalue weighted by Gasteiger charge is -2.32. The summed E-state index contributed by atoms with van der Waals surface area (Å²) in [5.41, 5.74) is 0.410. The van der Waals surface area contributed by atoms with E-state index in [4.69, 9.17) is 0 Å². The second-order valence-corrected chi connectivity index (χ2v) is 6.64. The fourth-order valence-electron chi connectivity index (χ4n) is 2.78. The summed E-state index contributed by atoms with van der Waals surface area (Å²) in [5.74, 6) is 0.563. The van der Waals surface area contributed by atoms with Gasteiger partial charge in [0.05, 0.1) is 12.2 Å². The van der Waals surface area contributed by atoms with Crippen molar-refractivity contribution >= 4 is 5.91 Å². The van der Waals surface area contributed by atoms with Crippen LogP contribution in [0.25, 0.3) is 0 Å². The van der Waals surface area contributed by atoms with Gasteiger partial charge < -0.3 is 10.2 Å². The highest BCUT2D eigenvalue weighted by Crippen LogP contribution is 2.22. The number of nitrogens with zero attached hydrogens (tertiary/aromatic N) is 4. The molecule has 1 saturated heterocycles. The van der Waals surface area contributed by atoms with Gasteiger partial charge in [-0.3, -0.25) is 4.79 Å². The van der Waals surface area contributed by atoms with Gasteiger partial charge in [-0.2, -0.15) is 0 Å². The van der Waals surface area contributed by atoms with Gasteiger partial charge in [0.1, 0.15) is 0 Å². The molecule has 6 nitrogen and oxygen atoms in total. The van der Waals surface area contributed by atoms with E-state index in [0.717, 1.165) is 32.5 Å². The predicted octanol–water partition coefficient (Wildman–Crippen LogP) is 1.71. The van der Waals surface area contributed by atoms with Crippen LogP contribution in [-0.4, -0.2) is 51.5 Å². The Labute approximate surface area is 126 Å². The van der Waals surface area contributed by atoms with E-state index in [1.165, 1.54) is 0 Å². The Hall–Kier alpha value is -1.43. The molecule has 1 aromatic rings. The zero-order chi connectivity index (χ0) is 15.4. The zero-order valence-corrected chi connectivity index (χ0v) is 13.5. The van der Waals surface area contributed by atoms with Crippen molar-refractivity contribution in [3.63, 3.8) is 0 Å². The van der Waals surface area contributed by atoms with Crippen LogP contribution < -0.4 is 5.32 Å². The van der Waals surface area contributed by atoms with Crippen LogP contribution in [0.5, 0.6) is 0 Å². The molecule has 6 heteroatoms. The molecule has 0 atom stereocenters. The van der Waals surface area contributed by atoms with Gasteiger partial charge in [0, 0.05) is 25.7 Å². The number of piperidine rings is 1. The Morgan fingerprint density at radius 2 is 2.00 bits per heavy atom. The maximum Gasteiger partial charge on any atom is 0.273 e. The maximum atomic E-state index is 11.9. The summed E-state index contributed by atoms with van der Waals surface area (Å²) in [5, 5.41) is 11.0. The van der Waals surface area contributed by atoms with Crippen LogP contribution in [0.2, 0.25) is 0 Å². The van der Waals surface area contributed by atoms with Gasteiger partial charge in [0.15, 0.2) is 5.69 Å². The molecule has 1 amide bonds. The largest absolute Gasteiger partial charge is 0.348 e. The van der Waals surface area contributed by atoms with Gasteiger partial charge in [-0.1, -0.05) is 19.1 Å². The first-order valence-electron chi connectivity index (χ1n) is 7.90. The minimum atomic E-state index is -0.145. The molecule has 0 unspecified atom stereocenters. The number of hydrogen-bond acceptors (Lipinski definition) is 4. The van der Waals surface area contributed by atoms with E-state index in [0.29, 0.717) is 17.7 Å². The summed E-state index contributed by atoms with van der Waals surface area (Å²) in [7, 11) is 0. The van der Waals surface area contributed by atoms with Crippen LogP contribution in [0, 0.1) is 5.92 Å². The summed E-state index contributed by atoms with van der Waals surface area (Å²) in [6.07, 6.45) is 3.92. The maximum absolute atomic E-state index is 11.9. The first-order valence-corrected chi connectivity index (χ1v) is 7.90. The SMILES string of the molecule is CC(C)CN1CCC(n2cc(C(=O)NC(C)C)nn2)CC1. The first kappa shape index (κ1) is 15.9. The highest BCUT2D eigenvalue weighted by Gasteiger charge is 2.23. The van der Waals surface area contributed by atoms with Crippen molar-refractivity contribution in [2.24, 2.45) is 5.92 Å². The van der Waals surface area contributed by atoms with Crippen LogP contribution in [0.1, 0.15) is 57.1 Å². The van der Waals surface area contributed by atoms with Crippen LogP contribution in [-0.2, 0) is 0 Å². The van der Waals surface area contributed by atoms with Gasteiger partial charge in [-0.15, -0.1) is 5.10 Å². The molecule has 0 radical (unpaired) electrons. The predicted molar refractivity (Wildman–Crippen MR) is 82.2 cm³/mol. The summed E-state index contributed by atoms with van der Waals surface area (Å²) >= 11 is 0. The lowest BCUT2D eigenvalue weighted by molar-refractivity contribution is 0.0938. The molecule has 1 fully saturated rings. The third kappa shape index (κ3) is 4.52. The minimum absolute atomic E-state index is 0.113. The van der Waals surface area contributed by atoms with Gasteiger partial charge in [-0.05, 0) is 32.6 Å². The van der Waals surface area contributed by atoms with Crippen molar-refractivity contribution in [2.75, 3.05) is 19.6 Å². The average Bonchev–Trinajstić information content (AvgIpc) is 2.87. The number of carbonyl (C=O) groups excluding carboxylic acids is 1. The average molecular weight is 293 g/mol. The summed E-state index contributed by atoms with van der Waals surface area (Å²) in [6.45, 7) is 11.7. The number of amides is 1. The molecule has 0 bridgehead atoms. The number of hydrogen-bond donors (Lipinski definition) is 1. The monoisotopic (exact) mass is 293 g/mol. The Kier molecular flexibility index (Phi) is 5.33. The topological polar surface area (TPSA) is 63.1 Å². The Morgan fingerprint density at radius 3 is 2.57 bits per heavy atom. The molecular formula is C15H27N5O. The van der Waals surface area contributed by atoms with Crippen molar-refractivity contribution in [3.05, 3.63) is 11.9 Å². The highest BCUT2D eigenvalue weighted by atomic mass is 16.2. The minimum Gasteiger partial charge on any atom is -0.348 e. The quantitative estimate of drug-likeness (QED) is 0.897. The van der Waals surface area contributed by atoms with E-state index in [2.05, 4.69) is 34.4 Å².